The zero-order chi connectivity index (χ0) is 12.6. The van der Waals surface area contributed by atoms with E-state index in [1.54, 1.807) is 19.2 Å². The van der Waals surface area contributed by atoms with Gasteiger partial charge in [0.25, 0.3) is 6.43 Å². The summed E-state index contributed by atoms with van der Waals surface area (Å²) in [5, 5.41) is -0.428. The van der Waals surface area contributed by atoms with Crippen LogP contribution >= 0.6 is 11.6 Å². The molecule has 0 N–H and O–H groups in total. The molecule has 17 heavy (non-hydrogen) atoms. The fourth-order valence-electron chi connectivity index (χ4n) is 1.78. The maximum absolute atomic E-state index is 12.6. The van der Waals surface area contributed by atoms with Gasteiger partial charge < -0.3 is 4.57 Å². The molecule has 2 rings (SSSR count). The number of nitrogens with zero attached hydrogens (tertiary/aromatic N) is 3. The molecule has 0 bridgehead atoms. The molecule has 0 saturated carbocycles. The van der Waals surface area contributed by atoms with Crippen molar-refractivity contribution in [1.29, 1.82) is 0 Å². The van der Waals surface area contributed by atoms with E-state index in [1.807, 2.05) is 6.92 Å². The molecule has 0 fully saturated rings. The van der Waals surface area contributed by atoms with Crippen LogP contribution in [-0.2, 0) is 6.54 Å². The first-order valence-electron chi connectivity index (χ1n) is 5.24. The Hall–Kier alpha value is -1.23. The largest absolute Gasteiger partial charge is 0.306 e. The molecule has 0 saturated heterocycles. The van der Waals surface area contributed by atoms with Gasteiger partial charge in [-0.05, 0) is 25.5 Å². The summed E-state index contributed by atoms with van der Waals surface area (Å²) in [4.78, 5) is 8.41. The van der Waals surface area contributed by atoms with Crippen LogP contribution in [0.3, 0.4) is 0 Å². The molecule has 1 atom stereocenters. The Labute approximate surface area is 102 Å². The predicted molar refractivity (Wildman–Crippen MR) is 62.5 cm³/mol. The van der Waals surface area contributed by atoms with Crippen molar-refractivity contribution in [2.75, 3.05) is 0 Å². The second-order valence-corrected chi connectivity index (χ2v) is 4.54. The first-order chi connectivity index (χ1) is 8.00. The number of rotatable bonds is 3. The maximum Gasteiger partial charge on any atom is 0.256 e. The van der Waals surface area contributed by atoms with Crippen molar-refractivity contribution < 1.29 is 8.78 Å². The summed E-state index contributed by atoms with van der Waals surface area (Å²) in [5.41, 5.74) is 2.00. The normalized spacial score (nSPS) is 13.5. The molecule has 92 valence electrons. The highest BCUT2D eigenvalue weighted by atomic mass is 35.5. The van der Waals surface area contributed by atoms with Crippen LogP contribution in [0.5, 0.6) is 0 Å². The van der Waals surface area contributed by atoms with Crippen LogP contribution in [0, 0.1) is 6.92 Å². The molecule has 0 aliphatic heterocycles. The van der Waals surface area contributed by atoms with Gasteiger partial charge in [0.2, 0.25) is 0 Å². The van der Waals surface area contributed by atoms with Gasteiger partial charge in [-0.2, -0.15) is 0 Å². The van der Waals surface area contributed by atoms with Gasteiger partial charge in [0.15, 0.2) is 5.65 Å². The summed E-state index contributed by atoms with van der Waals surface area (Å²) in [6, 6.07) is 1.80. The molecule has 0 aliphatic carbocycles. The van der Waals surface area contributed by atoms with Crippen molar-refractivity contribution in [3.05, 3.63) is 23.7 Å². The summed E-state index contributed by atoms with van der Waals surface area (Å²) < 4.78 is 26.5. The summed E-state index contributed by atoms with van der Waals surface area (Å²) >= 11 is 5.96. The van der Waals surface area contributed by atoms with E-state index in [-0.39, 0.29) is 0 Å². The number of hydrogen-bond acceptors (Lipinski definition) is 2. The van der Waals surface area contributed by atoms with Gasteiger partial charge in [-0.25, -0.2) is 18.7 Å². The van der Waals surface area contributed by atoms with Crippen LogP contribution in [-0.4, -0.2) is 21.0 Å². The first-order valence-corrected chi connectivity index (χ1v) is 5.68. The van der Waals surface area contributed by atoms with Crippen molar-refractivity contribution >= 4 is 22.8 Å². The second kappa shape index (κ2) is 4.56. The molecule has 0 amide bonds. The lowest BCUT2D eigenvalue weighted by Crippen LogP contribution is -2.11. The lowest BCUT2D eigenvalue weighted by Gasteiger charge is -2.08. The Kier molecular flexibility index (Phi) is 3.28. The minimum atomic E-state index is -2.45. The number of pyridine rings is 1. The summed E-state index contributed by atoms with van der Waals surface area (Å²) in [5.74, 6) is 0.434. The van der Waals surface area contributed by atoms with E-state index in [4.69, 9.17) is 11.6 Å². The predicted octanol–water partition coefficient (Wildman–Crippen LogP) is 3.30. The smallest absolute Gasteiger partial charge is 0.256 e. The highest BCUT2D eigenvalue weighted by molar-refractivity contribution is 6.20. The van der Waals surface area contributed by atoms with E-state index in [2.05, 4.69) is 9.97 Å². The fraction of sp³-hybridized carbons (Fsp3) is 0.455. The molecule has 0 radical (unpaired) electrons. The molecule has 6 heteroatoms. The highest BCUT2D eigenvalue weighted by Gasteiger charge is 2.19. The first kappa shape index (κ1) is 12.2. The van der Waals surface area contributed by atoms with Crippen molar-refractivity contribution in [1.82, 2.24) is 14.5 Å². The van der Waals surface area contributed by atoms with Gasteiger partial charge in [-0.3, -0.25) is 0 Å². The highest BCUT2D eigenvalue weighted by Crippen LogP contribution is 2.25. The van der Waals surface area contributed by atoms with E-state index in [1.165, 1.54) is 4.57 Å². The average Bonchev–Trinajstić information content (AvgIpc) is 2.58. The Morgan fingerprint density at radius 1 is 1.47 bits per heavy atom. The SMILES string of the molecule is Cc1ccnc2c1nc(C(C)Cl)n2CC(F)F. The van der Waals surface area contributed by atoms with E-state index < -0.39 is 18.3 Å². The molecule has 1 unspecified atom stereocenters. The summed E-state index contributed by atoms with van der Waals surface area (Å²) in [7, 11) is 0. The van der Waals surface area contributed by atoms with Crippen molar-refractivity contribution in [2.24, 2.45) is 0 Å². The third-order valence-corrected chi connectivity index (χ3v) is 2.74. The molecular weight excluding hydrogens is 248 g/mol. The summed E-state index contributed by atoms with van der Waals surface area (Å²) in [6.07, 6.45) is -0.867. The van der Waals surface area contributed by atoms with Crippen LogP contribution in [0.1, 0.15) is 23.7 Å². The monoisotopic (exact) mass is 259 g/mol. The summed E-state index contributed by atoms with van der Waals surface area (Å²) in [6.45, 7) is 3.14. The van der Waals surface area contributed by atoms with Gasteiger partial charge in [-0.1, -0.05) is 0 Å². The number of aromatic nitrogens is 3. The van der Waals surface area contributed by atoms with Crippen molar-refractivity contribution in [3.8, 4) is 0 Å². The Morgan fingerprint density at radius 2 is 2.18 bits per heavy atom. The number of imidazole rings is 1. The lowest BCUT2D eigenvalue weighted by atomic mass is 10.3. The molecular formula is C11H12ClF2N3. The van der Waals surface area contributed by atoms with Gasteiger partial charge in [0.05, 0.1) is 11.9 Å². The van der Waals surface area contributed by atoms with E-state index in [0.29, 0.717) is 17.0 Å². The van der Waals surface area contributed by atoms with Gasteiger partial charge in [0, 0.05) is 6.20 Å². The number of fused-ring (bicyclic) bond motifs is 1. The van der Waals surface area contributed by atoms with Crippen LogP contribution in [0.15, 0.2) is 12.3 Å². The molecule has 2 aromatic heterocycles. The minimum Gasteiger partial charge on any atom is -0.306 e. The van der Waals surface area contributed by atoms with Gasteiger partial charge in [0.1, 0.15) is 11.3 Å². The number of hydrogen-bond donors (Lipinski definition) is 0. The van der Waals surface area contributed by atoms with E-state index >= 15 is 0 Å². The van der Waals surface area contributed by atoms with Crippen LogP contribution in [0.4, 0.5) is 8.78 Å². The Balaban J connectivity index is 2.67. The number of aryl methyl sites for hydroxylation is 1. The molecule has 3 nitrogen and oxygen atoms in total. The van der Waals surface area contributed by atoms with Crippen molar-refractivity contribution in [2.45, 2.75) is 32.2 Å². The average molecular weight is 260 g/mol. The third-order valence-electron chi connectivity index (χ3n) is 2.54. The lowest BCUT2D eigenvalue weighted by molar-refractivity contribution is 0.126. The topological polar surface area (TPSA) is 30.7 Å². The second-order valence-electron chi connectivity index (χ2n) is 3.89. The van der Waals surface area contributed by atoms with Gasteiger partial charge >= 0.3 is 0 Å². The molecule has 0 spiro atoms. The maximum atomic E-state index is 12.6. The fourth-order valence-corrected chi connectivity index (χ4v) is 1.94. The Bertz CT molecular complexity index is 537. The standard InChI is InChI=1S/C11H12ClF2N3/c1-6-3-4-15-11-9(6)16-10(7(2)12)17(11)5-8(13)14/h3-4,7-8H,5H2,1-2H3. The quantitative estimate of drug-likeness (QED) is 0.792. The Morgan fingerprint density at radius 3 is 2.76 bits per heavy atom. The molecule has 2 heterocycles. The van der Waals surface area contributed by atoms with E-state index in [0.717, 1.165) is 5.56 Å². The van der Waals surface area contributed by atoms with Crippen LogP contribution in [0.25, 0.3) is 11.2 Å². The zero-order valence-corrected chi connectivity index (χ0v) is 10.2. The van der Waals surface area contributed by atoms with E-state index in [9.17, 15) is 8.78 Å². The van der Waals surface area contributed by atoms with Crippen LogP contribution in [0.2, 0.25) is 0 Å². The minimum absolute atomic E-state index is 0.428. The molecule has 0 aromatic carbocycles. The van der Waals surface area contributed by atoms with Crippen LogP contribution < -0.4 is 0 Å². The molecule has 0 aliphatic rings. The van der Waals surface area contributed by atoms with Crippen molar-refractivity contribution in [3.63, 3.8) is 0 Å². The number of alkyl halides is 3. The van der Waals surface area contributed by atoms with Gasteiger partial charge in [-0.15, -0.1) is 11.6 Å². The third kappa shape index (κ3) is 2.24. The molecule has 2 aromatic rings. The zero-order valence-electron chi connectivity index (χ0n) is 9.49. The number of halogens is 3.